The lowest BCUT2D eigenvalue weighted by molar-refractivity contribution is 0.818. The Morgan fingerprint density at radius 1 is 1.35 bits per heavy atom. The second-order valence-corrected chi connectivity index (χ2v) is 4.09. The summed E-state index contributed by atoms with van der Waals surface area (Å²) in [7, 11) is 1.92. The molecule has 0 fully saturated rings. The molecule has 1 aromatic heterocycles. The summed E-state index contributed by atoms with van der Waals surface area (Å²) in [6, 6.07) is 7.70. The maximum absolute atomic E-state index is 6.07. The minimum atomic E-state index is 0.727. The Balaban J connectivity index is 2.28. The van der Waals surface area contributed by atoms with E-state index in [4.69, 9.17) is 11.6 Å². The van der Waals surface area contributed by atoms with Gasteiger partial charge in [-0.05, 0) is 25.2 Å². The Kier molecular flexibility index (Phi) is 3.98. The van der Waals surface area contributed by atoms with E-state index in [0.717, 1.165) is 34.5 Å². The van der Waals surface area contributed by atoms with Crippen LogP contribution < -0.4 is 5.32 Å². The maximum atomic E-state index is 6.07. The number of nitrogens with zero attached hydrogens (tertiary/aromatic N) is 1. The first kappa shape index (κ1) is 11.9. The third-order valence-electron chi connectivity index (χ3n) is 2.42. The van der Waals surface area contributed by atoms with Crippen LogP contribution >= 0.6 is 11.6 Å². The quantitative estimate of drug-likeness (QED) is 0.649. The number of benzene rings is 1. The van der Waals surface area contributed by atoms with E-state index in [9.17, 15) is 0 Å². The third-order valence-corrected chi connectivity index (χ3v) is 2.75. The highest BCUT2D eigenvalue weighted by atomic mass is 35.5. The summed E-state index contributed by atoms with van der Waals surface area (Å²) >= 11 is 6.07. The van der Waals surface area contributed by atoms with Gasteiger partial charge in [-0.3, -0.25) is 4.98 Å². The highest BCUT2D eigenvalue weighted by molar-refractivity contribution is 6.35. The lowest BCUT2D eigenvalue weighted by Gasteiger charge is -1.99. The first-order chi connectivity index (χ1) is 8.31. The first-order valence-electron chi connectivity index (χ1n) is 5.49. The molecule has 2 nitrogen and oxygen atoms in total. The monoisotopic (exact) mass is 244 g/mol. The van der Waals surface area contributed by atoms with Crippen LogP contribution in [0.2, 0.25) is 5.02 Å². The van der Waals surface area contributed by atoms with Gasteiger partial charge in [0, 0.05) is 30.1 Å². The minimum Gasteiger partial charge on any atom is -0.319 e. The molecule has 1 aromatic carbocycles. The zero-order valence-corrected chi connectivity index (χ0v) is 10.4. The summed E-state index contributed by atoms with van der Waals surface area (Å²) in [6.07, 6.45) is 2.56. The summed E-state index contributed by atoms with van der Waals surface area (Å²) < 4.78 is 0. The zero-order chi connectivity index (χ0) is 12.1. The van der Waals surface area contributed by atoms with Crippen LogP contribution in [-0.4, -0.2) is 18.6 Å². The van der Waals surface area contributed by atoms with Gasteiger partial charge in [0.05, 0.1) is 10.5 Å². The van der Waals surface area contributed by atoms with Gasteiger partial charge in [-0.1, -0.05) is 29.5 Å². The minimum absolute atomic E-state index is 0.727. The molecule has 0 spiro atoms. The Morgan fingerprint density at radius 2 is 2.24 bits per heavy atom. The fraction of sp³-hybridized carbons (Fsp3) is 0.214. The Bertz CT molecular complexity index is 582. The summed E-state index contributed by atoms with van der Waals surface area (Å²) in [5.74, 6) is 6.23. The standard InChI is InChI=1S/C14H13ClN2/c1-16-8-3-2-4-11-5-6-12-13(15)7-9-17-14(12)10-11/h5-7,9-10,16H,3,8H2,1H3. The van der Waals surface area contributed by atoms with Crippen molar-refractivity contribution in [1.82, 2.24) is 10.3 Å². The van der Waals surface area contributed by atoms with E-state index in [-0.39, 0.29) is 0 Å². The number of hydrogen-bond acceptors (Lipinski definition) is 2. The number of nitrogens with one attached hydrogen (secondary N) is 1. The van der Waals surface area contributed by atoms with E-state index in [2.05, 4.69) is 22.1 Å². The molecule has 0 amide bonds. The molecule has 1 N–H and O–H groups in total. The van der Waals surface area contributed by atoms with Crippen molar-refractivity contribution in [1.29, 1.82) is 0 Å². The molecular weight excluding hydrogens is 232 g/mol. The van der Waals surface area contributed by atoms with Gasteiger partial charge in [-0.2, -0.15) is 0 Å². The van der Waals surface area contributed by atoms with E-state index < -0.39 is 0 Å². The van der Waals surface area contributed by atoms with E-state index in [1.54, 1.807) is 12.3 Å². The van der Waals surface area contributed by atoms with E-state index in [1.807, 2.05) is 25.2 Å². The van der Waals surface area contributed by atoms with Gasteiger partial charge in [0.25, 0.3) is 0 Å². The number of pyridine rings is 1. The van der Waals surface area contributed by atoms with Crippen LogP contribution in [0.1, 0.15) is 12.0 Å². The molecule has 0 aliphatic carbocycles. The largest absolute Gasteiger partial charge is 0.319 e. The van der Waals surface area contributed by atoms with Gasteiger partial charge < -0.3 is 5.32 Å². The number of fused-ring (bicyclic) bond motifs is 1. The zero-order valence-electron chi connectivity index (χ0n) is 9.63. The molecule has 0 aliphatic rings. The van der Waals surface area contributed by atoms with Crippen molar-refractivity contribution in [2.45, 2.75) is 6.42 Å². The van der Waals surface area contributed by atoms with Crippen molar-refractivity contribution < 1.29 is 0 Å². The summed E-state index contributed by atoms with van der Waals surface area (Å²) in [4.78, 5) is 4.28. The average molecular weight is 245 g/mol. The number of rotatable bonds is 2. The number of aromatic nitrogens is 1. The van der Waals surface area contributed by atoms with Crippen LogP contribution in [0.5, 0.6) is 0 Å². The van der Waals surface area contributed by atoms with E-state index in [0.29, 0.717) is 0 Å². The molecule has 0 aliphatic heterocycles. The third kappa shape index (κ3) is 2.97. The Morgan fingerprint density at radius 3 is 3.06 bits per heavy atom. The second kappa shape index (κ2) is 5.67. The smallest absolute Gasteiger partial charge is 0.0729 e. The molecule has 86 valence electrons. The predicted molar refractivity (Wildman–Crippen MR) is 72.2 cm³/mol. The normalized spacial score (nSPS) is 10.0. The molecule has 0 saturated heterocycles. The number of hydrogen-bond donors (Lipinski definition) is 1. The fourth-order valence-electron chi connectivity index (χ4n) is 1.54. The predicted octanol–water partition coefficient (Wildman–Crippen LogP) is 2.85. The summed E-state index contributed by atoms with van der Waals surface area (Å²) in [5, 5.41) is 4.75. The van der Waals surface area contributed by atoms with E-state index in [1.165, 1.54) is 0 Å². The first-order valence-corrected chi connectivity index (χ1v) is 5.87. The van der Waals surface area contributed by atoms with Crippen LogP contribution in [0.15, 0.2) is 30.5 Å². The fourth-order valence-corrected chi connectivity index (χ4v) is 1.76. The second-order valence-electron chi connectivity index (χ2n) is 3.68. The van der Waals surface area contributed by atoms with Crippen LogP contribution in [0.25, 0.3) is 10.9 Å². The summed E-state index contributed by atoms with van der Waals surface area (Å²) in [6.45, 7) is 0.907. The molecule has 2 rings (SSSR count). The van der Waals surface area contributed by atoms with Gasteiger partial charge in [0.1, 0.15) is 0 Å². The van der Waals surface area contributed by atoms with Crippen LogP contribution in [0.3, 0.4) is 0 Å². The molecule has 1 heterocycles. The SMILES string of the molecule is CNCCC#Cc1ccc2c(Cl)ccnc2c1. The molecule has 2 aromatic rings. The van der Waals surface area contributed by atoms with Crippen LogP contribution in [0, 0.1) is 11.8 Å². The van der Waals surface area contributed by atoms with Crippen molar-refractivity contribution in [3.8, 4) is 11.8 Å². The molecule has 3 heteroatoms. The van der Waals surface area contributed by atoms with Gasteiger partial charge in [0.2, 0.25) is 0 Å². The van der Waals surface area contributed by atoms with Crippen molar-refractivity contribution in [3.63, 3.8) is 0 Å². The van der Waals surface area contributed by atoms with Gasteiger partial charge >= 0.3 is 0 Å². The molecule has 17 heavy (non-hydrogen) atoms. The van der Waals surface area contributed by atoms with Crippen molar-refractivity contribution in [2.75, 3.05) is 13.6 Å². The molecule has 0 bridgehead atoms. The topological polar surface area (TPSA) is 24.9 Å². The number of halogens is 1. The molecule has 0 unspecified atom stereocenters. The van der Waals surface area contributed by atoms with Crippen LogP contribution in [0.4, 0.5) is 0 Å². The lowest BCUT2D eigenvalue weighted by atomic mass is 10.1. The van der Waals surface area contributed by atoms with E-state index >= 15 is 0 Å². The average Bonchev–Trinajstić information content (AvgIpc) is 2.35. The Hall–Kier alpha value is -1.56. The van der Waals surface area contributed by atoms with Gasteiger partial charge in [-0.25, -0.2) is 0 Å². The lowest BCUT2D eigenvalue weighted by Crippen LogP contribution is -2.05. The van der Waals surface area contributed by atoms with Crippen LogP contribution in [-0.2, 0) is 0 Å². The highest BCUT2D eigenvalue weighted by Crippen LogP contribution is 2.21. The van der Waals surface area contributed by atoms with Gasteiger partial charge in [0.15, 0.2) is 0 Å². The summed E-state index contributed by atoms with van der Waals surface area (Å²) in [5.41, 5.74) is 1.86. The Labute approximate surface area is 106 Å². The van der Waals surface area contributed by atoms with Crippen molar-refractivity contribution >= 4 is 22.5 Å². The highest BCUT2D eigenvalue weighted by Gasteiger charge is 1.99. The van der Waals surface area contributed by atoms with Gasteiger partial charge in [-0.15, -0.1) is 0 Å². The maximum Gasteiger partial charge on any atom is 0.0729 e. The molecular formula is C14H13ClN2. The molecule has 0 radical (unpaired) electrons. The van der Waals surface area contributed by atoms with Crippen molar-refractivity contribution in [3.05, 3.63) is 41.0 Å². The van der Waals surface area contributed by atoms with Crippen molar-refractivity contribution in [2.24, 2.45) is 0 Å². The molecule has 0 atom stereocenters. The molecule has 0 saturated carbocycles.